The van der Waals surface area contributed by atoms with Gasteiger partial charge in [-0.3, -0.25) is 4.98 Å². The molecular weight excluding hydrogens is 250 g/mol. The highest BCUT2D eigenvalue weighted by atomic mass is 35.5. The Morgan fingerprint density at radius 1 is 1.39 bits per heavy atom. The molecular formula is C14H12ClNO2. The van der Waals surface area contributed by atoms with E-state index < -0.39 is 5.97 Å². The van der Waals surface area contributed by atoms with Crippen LogP contribution in [0.5, 0.6) is 0 Å². The fourth-order valence-corrected chi connectivity index (χ4v) is 2.33. The van der Waals surface area contributed by atoms with Gasteiger partial charge >= 0.3 is 5.97 Å². The van der Waals surface area contributed by atoms with Crippen LogP contribution >= 0.6 is 11.6 Å². The predicted octanol–water partition coefficient (Wildman–Crippen LogP) is 3.64. The zero-order chi connectivity index (χ0) is 12.9. The van der Waals surface area contributed by atoms with E-state index in [1.165, 1.54) is 0 Å². The lowest BCUT2D eigenvalue weighted by Gasteiger charge is -2.10. The first kappa shape index (κ1) is 11.5. The summed E-state index contributed by atoms with van der Waals surface area (Å²) in [5.41, 5.74) is 1.98. The average molecular weight is 262 g/mol. The molecule has 0 radical (unpaired) electrons. The van der Waals surface area contributed by atoms with Gasteiger partial charge in [-0.05, 0) is 31.0 Å². The molecule has 0 aliphatic heterocycles. The van der Waals surface area contributed by atoms with Crippen molar-refractivity contribution in [3.8, 4) is 0 Å². The van der Waals surface area contributed by atoms with Gasteiger partial charge in [0.1, 0.15) is 0 Å². The van der Waals surface area contributed by atoms with Crippen LogP contribution in [0, 0.1) is 0 Å². The van der Waals surface area contributed by atoms with E-state index in [-0.39, 0.29) is 11.0 Å². The largest absolute Gasteiger partial charge is 0.478 e. The molecule has 0 bridgehead atoms. The van der Waals surface area contributed by atoms with Gasteiger partial charge in [-0.1, -0.05) is 24.6 Å². The summed E-state index contributed by atoms with van der Waals surface area (Å²) in [6.45, 7) is 2.15. The maximum atomic E-state index is 11.0. The summed E-state index contributed by atoms with van der Waals surface area (Å²) in [6.07, 6.45) is 2.22. The van der Waals surface area contributed by atoms with E-state index in [1.54, 1.807) is 18.2 Å². The molecule has 0 spiro atoms. The zero-order valence-electron chi connectivity index (χ0n) is 9.90. The Kier molecular flexibility index (Phi) is 2.35. The summed E-state index contributed by atoms with van der Waals surface area (Å²) < 4.78 is 0. The molecule has 1 aromatic heterocycles. The molecule has 0 saturated heterocycles. The summed E-state index contributed by atoms with van der Waals surface area (Å²) in [4.78, 5) is 15.5. The third-order valence-electron chi connectivity index (χ3n) is 3.62. The van der Waals surface area contributed by atoms with Crippen LogP contribution < -0.4 is 0 Å². The number of aromatic nitrogens is 1. The molecule has 92 valence electrons. The number of hydrogen-bond donors (Lipinski definition) is 1. The van der Waals surface area contributed by atoms with Crippen molar-refractivity contribution < 1.29 is 9.90 Å². The van der Waals surface area contributed by atoms with E-state index in [4.69, 9.17) is 16.7 Å². The van der Waals surface area contributed by atoms with Crippen molar-refractivity contribution in [2.75, 3.05) is 0 Å². The Morgan fingerprint density at radius 2 is 2.11 bits per heavy atom. The Bertz CT molecular complexity index is 662. The molecule has 1 aliphatic carbocycles. The molecule has 3 rings (SSSR count). The highest BCUT2D eigenvalue weighted by Crippen LogP contribution is 2.47. The molecule has 1 N–H and O–H groups in total. The van der Waals surface area contributed by atoms with Gasteiger partial charge in [0.15, 0.2) is 0 Å². The quantitative estimate of drug-likeness (QED) is 0.898. The highest BCUT2D eigenvalue weighted by Gasteiger charge is 2.40. The van der Waals surface area contributed by atoms with E-state index in [0.717, 1.165) is 23.9 Å². The first-order chi connectivity index (χ1) is 8.49. The number of carboxylic acid groups (broad SMARTS) is 1. The smallest absolute Gasteiger partial charge is 0.335 e. The minimum Gasteiger partial charge on any atom is -0.478 e. The van der Waals surface area contributed by atoms with Gasteiger partial charge in [0, 0.05) is 16.5 Å². The van der Waals surface area contributed by atoms with Crippen LogP contribution in [-0.2, 0) is 5.41 Å². The highest BCUT2D eigenvalue weighted by molar-refractivity contribution is 6.35. The van der Waals surface area contributed by atoms with Crippen molar-refractivity contribution >= 4 is 28.5 Å². The monoisotopic (exact) mass is 261 g/mol. The number of benzene rings is 1. The summed E-state index contributed by atoms with van der Waals surface area (Å²) in [5, 5.41) is 10.4. The molecule has 0 atom stereocenters. The number of carbonyl (C=O) groups is 1. The van der Waals surface area contributed by atoms with Gasteiger partial charge in [-0.25, -0.2) is 4.79 Å². The summed E-state index contributed by atoms with van der Waals surface area (Å²) in [5.74, 6) is -0.946. The lowest BCUT2D eigenvalue weighted by molar-refractivity contribution is 0.0697. The normalized spacial score (nSPS) is 16.8. The van der Waals surface area contributed by atoms with Crippen LogP contribution in [0.1, 0.15) is 35.8 Å². The fraction of sp³-hybridized carbons (Fsp3) is 0.286. The summed E-state index contributed by atoms with van der Waals surface area (Å²) in [6, 6.07) is 6.75. The van der Waals surface area contributed by atoms with Crippen LogP contribution in [-0.4, -0.2) is 16.1 Å². The maximum Gasteiger partial charge on any atom is 0.335 e. The van der Waals surface area contributed by atoms with E-state index in [2.05, 4.69) is 11.9 Å². The second kappa shape index (κ2) is 3.69. The van der Waals surface area contributed by atoms with Crippen molar-refractivity contribution in [3.05, 3.63) is 40.5 Å². The van der Waals surface area contributed by atoms with Crippen molar-refractivity contribution in [3.63, 3.8) is 0 Å². The van der Waals surface area contributed by atoms with Crippen molar-refractivity contribution in [2.24, 2.45) is 0 Å². The Morgan fingerprint density at radius 3 is 2.72 bits per heavy atom. The number of aromatic carboxylic acids is 1. The van der Waals surface area contributed by atoms with Gasteiger partial charge < -0.3 is 5.11 Å². The molecule has 1 saturated carbocycles. The lowest BCUT2D eigenvalue weighted by Crippen LogP contribution is -2.04. The number of fused-ring (bicyclic) bond motifs is 1. The number of nitrogens with zero attached hydrogens (tertiary/aromatic N) is 1. The van der Waals surface area contributed by atoms with Gasteiger partial charge in [0.05, 0.1) is 16.1 Å². The van der Waals surface area contributed by atoms with Crippen LogP contribution in [0.25, 0.3) is 10.9 Å². The van der Waals surface area contributed by atoms with E-state index in [1.807, 2.05) is 6.07 Å². The van der Waals surface area contributed by atoms with Crippen LogP contribution in [0.3, 0.4) is 0 Å². The first-order valence-corrected chi connectivity index (χ1v) is 6.21. The third-order valence-corrected chi connectivity index (χ3v) is 3.94. The second-order valence-corrected chi connectivity index (χ2v) is 5.49. The maximum absolute atomic E-state index is 11.0. The minimum atomic E-state index is -0.946. The van der Waals surface area contributed by atoms with Crippen molar-refractivity contribution in [1.29, 1.82) is 0 Å². The Balaban J connectivity index is 2.23. The molecule has 1 aromatic carbocycles. The van der Waals surface area contributed by atoms with Crippen LogP contribution in [0.2, 0.25) is 5.02 Å². The summed E-state index contributed by atoms with van der Waals surface area (Å²) in [7, 11) is 0. The zero-order valence-corrected chi connectivity index (χ0v) is 10.7. The number of carboxylic acids is 1. The molecule has 4 heteroatoms. The number of hydrogen-bond acceptors (Lipinski definition) is 2. The van der Waals surface area contributed by atoms with E-state index in [0.29, 0.717) is 10.5 Å². The van der Waals surface area contributed by atoms with E-state index >= 15 is 0 Å². The van der Waals surface area contributed by atoms with Crippen LogP contribution in [0.15, 0.2) is 24.3 Å². The number of rotatable bonds is 2. The van der Waals surface area contributed by atoms with Gasteiger partial charge in [0.25, 0.3) is 0 Å². The molecule has 3 nitrogen and oxygen atoms in total. The van der Waals surface area contributed by atoms with Gasteiger partial charge in [-0.2, -0.15) is 0 Å². The Hall–Kier alpha value is -1.61. The number of pyridine rings is 1. The average Bonchev–Trinajstić information content (AvgIpc) is 3.08. The standard InChI is InChI=1S/C14H12ClNO2/c1-14(4-5-14)12-7-10(15)9-3-2-8(13(17)18)6-11(9)16-12/h2-3,6-7H,4-5H2,1H3,(H,17,18). The molecule has 1 aliphatic rings. The molecule has 1 heterocycles. The Labute approximate surface area is 109 Å². The first-order valence-electron chi connectivity index (χ1n) is 5.84. The van der Waals surface area contributed by atoms with Crippen molar-refractivity contribution in [2.45, 2.75) is 25.2 Å². The molecule has 2 aromatic rings. The van der Waals surface area contributed by atoms with Crippen LogP contribution in [0.4, 0.5) is 0 Å². The fourth-order valence-electron chi connectivity index (χ4n) is 2.07. The topological polar surface area (TPSA) is 50.2 Å². The molecule has 0 unspecified atom stereocenters. The van der Waals surface area contributed by atoms with Gasteiger partial charge in [-0.15, -0.1) is 0 Å². The minimum absolute atomic E-state index is 0.122. The SMILES string of the molecule is CC1(c2cc(Cl)c3ccc(C(=O)O)cc3n2)CC1. The molecule has 0 amide bonds. The lowest BCUT2D eigenvalue weighted by atomic mass is 10.0. The third kappa shape index (κ3) is 1.75. The van der Waals surface area contributed by atoms with E-state index in [9.17, 15) is 4.79 Å². The molecule has 18 heavy (non-hydrogen) atoms. The van der Waals surface area contributed by atoms with Crippen molar-refractivity contribution in [1.82, 2.24) is 4.98 Å². The second-order valence-electron chi connectivity index (χ2n) is 5.09. The van der Waals surface area contributed by atoms with Gasteiger partial charge in [0.2, 0.25) is 0 Å². The molecule has 1 fully saturated rings. The predicted molar refractivity (Wildman–Crippen MR) is 70.3 cm³/mol. The summed E-state index contributed by atoms with van der Waals surface area (Å²) >= 11 is 6.24. The number of halogens is 1.